The monoisotopic (exact) mass is 167 g/mol. The first-order valence-corrected chi connectivity index (χ1v) is 4.78. The molecule has 1 nitrogen and oxygen atoms in total. The van der Waals surface area contributed by atoms with Crippen LogP contribution in [-0.2, 0) is 0 Å². The number of aliphatic imine (C=N–C) groups is 1. The summed E-state index contributed by atoms with van der Waals surface area (Å²) >= 11 is 0. The molecule has 0 radical (unpaired) electrons. The lowest BCUT2D eigenvalue weighted by Gasteiger charge is -2.10. The van der Waals surface area contributed by atoms with Gasteiger partial charge in [-0.2, -0.15) is 0 Å². The van der Waals surface area contributed by atoms with E-state index in [0.717, 1.165) is 12.5 Å². The predicted octanol–water partition coefficient (Wildman–Crippen LogP) is 3.32. The molecule has 0 fully saturated rings. The van der Waals surface area contributed by atoms with Crippen LogP contribution in [0.3, 0.4) is 0 Å². The van der Waals surface area contributed by atoms with Crippen LogP contribution in [0.15, 0.2) is 17.1 Å². The molecule has 0 rings (SSSR count). The minimum absolute atomic E-state index is 0.714. The van der Waals surface area contributed by atoms with Crippen LogP contribution < -0.4 is 0 Å². The summed E-state index contributed by atoms with van der Waals surface area (Å²) in [4.78, 5) is 4.30. The molecule has 0 aliphatic carbocycles. The number of hydrogen-bond donors (Lipinski definition) is 0. The van der Waals surface area contributed by atoms with E-state index < -0.39 is 0 Å². The second-order valence-corrected chi connectivity index (χ2v) is 3.77. The summed E-state index contributed by atoms with van der Waals surface area (Å²) in [6.45, 7) is 9.73. The van der Waals surface area contributed by atoms with Crippen LogP contribution in [0.5, 0.6) is 0 Å². The maximum Gasteiger partial charge on any atom is 0.0414 e. The van der Waals surface area contributed by atoms with E-state index in [1.165, 1.54) is 6.42 Å². The lowest BCUT2D eigenvalue weighted by molar-refractivity contribution is 0.448. The molecule has 1 heteroatoms. The van der Waals surface area contributed by atoms with Gasteiger partial charge in [-0.25, -0.2) is 0 Å². The van der Waals surface area contributed by atoms with Crippen molar-refractivity contribution in [3.8, 4) is 0 Å². The average Bonchev–Trinajstić information content (AvgIpc) is 1.97. The Labute approximate surface area is 76.6 Å². The van der Waals surface area contributed by atoms with Gasteiger partial charge in [0, 0.05) is 12.8 Å². The van der Waals surface area contributed by atoms with Gasteiger partial charge in [0.25, 0.3) is 0 Å². The van der Waals surface area contributed by atoms with E-state index in [1.54, 1.807) is 0 Å². The van der Waals surface area contributed by atoms with Gasteiger partial charge in [-0.15, -0.1) is 0 Å². The Kier molecular flexibility index (Phi) is 6.73. The summed E-state index contributed by atoms with van der Waals surface area (Å²) in [6, 6.07) is 0. The summed E-state index contributed by atoms with van der Waals surface area (Å²) in [5.74, 6) is 1.50. The van der Waals surface area contributed by atoms with E-state index in [2.05, 4.69) is 25.8 Å². The van der Waals surface area contributed by atoms with Crippen molar-refractivity contribution in [2.45, 2.75) is 34.1 Å². The molecular formula is C11H21N. The molecule has 0 amide bonds. The third kappa shape index (κ3) is 7.52. The van der Waals surface area contributed by atoms with Gasteiger partial charge in [-0.1, -0.05) is 26.8 Å². The molecule has 1 unspecified atom stereocenters. The fourth-order valence-corrected chi connectivity index (χ4v) is 1.27. The van der Waals surface area contributed by atoms with Crippen LogP contribution >= 0.6 is 0 Å². The summed E-state index contributed by atoms with van der Waals surface area (Å²) in [7, 11) is 0. The second kappa shape index (κ2) is 7.08. The molecule has 0 N–H and O–H groups in total. The maximum atomic E-state index is 4.30. The van der Waals surface area contributed by atoms with Crippen molar-refractivity contribution < 1.29 is 0 Å². The molecule has 0 aromatic heterocycles. The van der Waals surface area contributed by atoms with Crippen LogP contribution in [0.1, 0.15) is 34.1 Å². The van der Waals surface area contributed by atoms with Gasteiger partial charge in [-0.05, 0) is 31.3 Å². The Hall–Kier alpha value is -0.590. The first-order valence-electron chi connectivity index (χ1n) is 4.78. The zero-order chi connectivity index (χ0) is 9.40. The summed E-state index contributed by atoms with van der Waals surface area (Å²) in [5.41, 5.74) is 0. The Morgan fingerprint density at radius 3 is 2.42 bits per heavy atom. The molecular weight excluding hydrogens is 146 g/mol. The fourth-order valence-electron chi connectivity index (χ4n) is 1.27. The molecule has 0 bridgehead atoms. The Morgan fingerprint density at radius 1 is 1.25 bits per heavy atom. The van der Waals surface area contributed by atoms with Gasteiger partial charge < -0.3 is 0 Å². The second-order valence-electron chi connectivity index (χ2n) is 3.77. The van der Waals surface area contributed by atoms with Crippen LogP contribution in [0.2, 0.25) is 0 Å². The number of rotatable bonds is 5. The van der Waals surface area contributed by atoms with Crippen LogP contribution in [0.25, 0.3) is 0 Å². The topological polar surface area (TPSA) is 12.4 Å². The normalized spacial score (nSPS) is 15.1. The third-order valence-corrected chi connectivity index (χ3v) is 1.67. The van der Waals surface area contributed by atoms with E-state index in [-0.39, 0.29) is 0 Å². The highest BCUT2D eigenvalue weighted by atomic mass is 14.7. The molecule has 1 atom stereocenters. The highest BCUT2D eigenvalue weighted by Crippen LogP contribution is 2.10. The molecule has 0 aromatic carbocycles. The van der Waals surface area contributed by atoms with Crippen molar-refractivity contribution in [2.75, 3.05) is 6.54 Å². The molecule has 0 saturated carbocycles. The lowest BCUT2D eigenvalue weighted by atomic mass is 9.99. The van der Waals surface area contributed by atoms with Crippen molar-refractivity contribution in [3.63, 3.8) is 0 Å². The Bertz CT molecular complexity index is 145. The molecule has 0 spiro atoms. The van der Waals surface area contributed by atoms with E-state index in [9.17, 15) is 0 Å². The molecule has 70 valence electrons. The van der Waals surface area contributed by atoms with Gasteiger partial charge in [-0.3, -0.25) is 4.99 Å². The highest BCUT2D eigenvalue weighted by Gasteiger charge is 2.02. The summed E-state index contributed by atoms with van der Waals surface area (Å²) < 4.78 is 0. The van der Waals surface area contributed by atoms with E-state index in [4.69, 9.17) is 0 Å². The van der Waals surface area contributed by atoms with Crippen LogP contribution in [-0.4, -0.2) is 12.8 Å². The molecule has 0 aliphatic heterocycles. The van der Waals surface area contributed by atoms with Crippen molar-refractivity contribution in [3.05, 3.63) is 12.2 Å². The first-order chi connectivity index (χ1) is 5.66. The van der Waals surface area contributed by atoms with Crippen molar-refractivity contribution in [2.24, 2.45) is 16.8 Å². The van der Waals surface area contributed by atoms with Gasteiger partial charge in [0.2, 0.25) is 0 Å². The molecule has 0 saturated heterocycles. The zero-order valence-electron chi connectivity index (χ0n) is 8.75. The highest BCUT2D eigenvalue weighted by molar-refractivity contribution is 5.70. The van der Waals surface area contributed by atoms with Gasteiger partial charge in [0.1, 0.15) is 0 Å². The molecule has 0 aliphatic rings. The predicted molar refractivity (Wildman–Crippen MR) is 56.8 cm³/mol. The lowest BCUT2D eigenvalue weighted by Crippen LogP contribution is -2.03. The first kappa shape index (κ1) is 11.4. The smallest absolute Gasteiger partial charge is 0.0414 e. The fraction of sp³-hybridized carbons (Fsp3) is 0.727. The largest absolute Gasteiger partial charge is 0.293 e. The number of hydrogen-bond acceptors (Lipinski definition) is 1. The zero-order valence-corrected chi connectivity index (χ0v) is 8.75. The van der Waals surface area contributed by atoms with Crippen LogP contribution in [0, 0.1) is 11.8 Å². The van der Waals surface area contributed by atoms with E-state index in [0.29, 0.717) is 5.92 Å². The van der Waals surface area contributed by atoms with E-state index in [1.807, 2.05) is 25.3 Å². The molecule has 0 heterocycles. The van der Waals surface area contributed by atoms with E-state index >= 15 is 0 Å². The maximum absolute atomic E-state index is 4.30. The van der Waals surface area contributed by atoms with Gasteiger partial charge in [0.15, 0.2) is 0 Å². The molecule has 12 heavy (non-hydrogen) atoms. The third-order valence-electron chi connectivity index (χ3n) is 1.67. The number of allylic oxidation sites excluding steroid dienone is 2. The van der Waals surface area contributed by atoms with Crippen molar-refractivity contribution in [1.82, 2.24) is 0 Å². The van der Waals surface area contributed by atoms with Gasteiger partial charge >= 0.3 is 0 Å². The van der Waals surface area contributed by atoms with Crippen molar-refractivity contribution >= 4 is 6.21 Å². The quantitative estimate of drug-likeness (QED) is 0.557. The summed E-state index contributed by atoms with van der Waals surface area (Å²) in [5, 5.41) is 0. The minimum atomic E-state index is 0.714. The molecule has 0 aromatic rings. The van der Waals surface area contributed by atoms with Crippen molar-refractivity contribution in [1.29, 1.82) is 0 Å². The SMILES string of the molecule is C/C=C\C=NCC(C)CC(C)C. The average molecular weight is 167 g/mol. The summed E-state index contributed by atoms with van der Waals surface area (Å²) in [6.07, 6.45) is 7.13. The standard InChI is InChI=1S/C11H21N/c1-5-6-7-12-9-11(4)8-10(2)3/h5-7,10-11H,8-9H2,1-4H3/b6-5-,12-7?. The van der Waals surface area contributed by atoms with Crippen LogP contribution in [0.4, 0.5) is 0 Å². The Balaban J connectivity index is 3.49. The number of nitrogens with zero attached hydrogens (tertiary/aromatic N) is 1. The minimum Gasteiger partial charge on any atom is -0.293 e. The van der Waals surface area contributed by atoms with Gasteiger partial charge in [0.05, 0.1) is 0 Å². The Morgan fingerprint density at radius 2 is 1.92 bits per heavy atom.